The summed E-state index contributed by atoms with van der Waals surface area (Å²) in [6.07, 6.45) is 0.385. The van der Waals surface area contributed by atoms with Crippen molar-refractivity contribution in [2.24, 2.45) is 5.10 Å². The molecule has 152 valence electrons. The van der Waals surface area contributed by atoms with Gasteiger partial charge in [-0.25, -0.2) is 5.43 Å². The van der Waals surface area contributed by atoms with Crippen molar-refractivity contribution in [3.8, 4) is 17.2 Å². The Labute approximate surface area is 175 Å². The minimum absolute atomic E-state index is 0.165. The lowest BCUT2D eigenvalue weighted by atomic mass is 9.96. The summed E-state index contributed by atoms with van der Waals surface area (Å²) in [5.74, 6) is 1.47. The van der Waals surface area contributed by atoms with Crippen molar-refractivity contribution >= 4 is 11.6 Å². The Balaban J connectivity index is 1.47. The molecule has 0 unspecified atom stereocenters. The summed E-state index contributed by atoms with van der Waals surface area (Å²) in [5.41, 5.74) is 5.29. The van der Waals surface area contributed by atoms with Crippen LogP contribution >= 0.6 is 0 Å². The van der Waals surface area contributed by atoms with Gasteiger partial charge < -0.3 is 14.2 Å². The average Bonchev–Trinajstić information content (AvgIpc) is 2.81. The first-order valence-electron chi connectivity index (χ1n) is 9.67. The first kappa shape index (κ1) is 19.5. The molecule has 0 bridgehead atoms. The third-order valence-corrected chi connectivity index (χ3v) is 4.76. The Morgan fingerprint density at radius 3 is 2.50 bits per heavy atom. The molecule has 30 heavy (non-hydrogen) atoms. The Bertz CT molecular complexity index is 1050. The molecule has 1 atom stereocenters. The molecule has 1 amide bonds. The predicted molar refractivity (Wildman–Crippen MR) is 114 cm³/mol. The van der Waals surface area contributed by atoms with E-state index in [0.29, 0.717) is 17.9 Å². The molecular weight excluding hydrogens is 380 g/mol. The van der Waals surface area contributed by atoms with E-state index in [2.05, 4.69) is 10.5 Å². The fraction of sp³-hybridized carbons (Fsp3) is 0.167. The van der Waals surface area contributed by atoms with Crippen LogP contribution in [-0.2, 0) is 4.79 Å². The molecular formula is C24H22N2O4. The first-order valence-corrected chi connectivity index (χ1v) is 9.67. The molecule has 3 aromatic rings. The second kappa shape index (κ2) is 9.13. The Hall–Kier alpha value is -3.80. The van der Waals surface area contributed by atoms with Crippen LogP contribution in [-0.4, -0.2) is 25.3 Å². The van der Waals surface area contributed by atoms with Crippen LogP contribution in [0.15, 0.2) is 84.0 Å². The number of rotatable bonds is 6. The Morgan fingerprint density at radius 2 is 1.70 bits per heavy atom. The highest BCUT2D eigenvalue weighted by molar-refractivity contribution is 6.04. The van der Waals surface area contributed by atoms with Gasteiger partial charge in [-0.2, -0.15) is 5.10 Å². The smallest absolute Gasteiger partial charge is 0.277 e. The van der Waals surface area contributed by atoms with Gasteiger partial charge in [0.15, 0.2) is 18.1 Å². The number of carbonyl (C=O) groups is 1. The average molecular weight is 402 g/mol. The van der Waals surface area contributed by atoms with Crippen molar-refractivity contribution in [2.45, 2.75) is 12.5 Å². The van der Waals surface area contributed by atoms with Gasteiger partial charge in [0.1, 0.15) is 11.9 Å². The number of hydrazone groups is 1. The van der Waals surface area contributed by atoms with Gasteiger partial charge in [-0.1, -0.05) is 54.6 Å². The van der Waals surface area contributed by atoms with Crippen molar-refractivity contribution < 1.29 is 19.0 Å². The van der Waals surface area contributed by atoms with Crippen LogP contribution in [0.3, 0.4) is 0 Å². The lowest BCUT2D eigenvalue weighted by Crippen LogP contribution is -2.28. The number of hydrogen-bond acceptors (Lipinski definition) is 5. The fourth-order valence-electron chi connectivity index (χ4n) is 3.29. The molecule has 6 heteroatoms. The number of para-hydroxylation sites is 3. The standard InChI is InChI=1S/C24H22N2O4/c1-28-21-13-7-8-14-22(21)29-16-24(27)26-25-19-15-23(17-9-3-2-4-10-17)30-20-12-6-5-11-18(19)20/h2-14,23H,15-16H2,1H3,(H,26,27)/b25-19-/t23-/m0/s1. The van der Waals surface area contributed by atoms with E-state index in [4.69, 9.17) is 14.2 Å². The zero-order valence-electron chi connectivity index (χ0n) is 16.6. The summed E-state index contributed by atoms with van der Waals surface area (Å²) in [4.78, 5) is 12.3. The van der Waals surface area contributed by atoms with Crippen LogP contribution in [0.5, 0.6) is 17.2 Å². The molecule has 3 aromatic carbocycles. The number of amides is 1. The van der Waals surface area contributed by atoms with Gasteiger partial charge in [0.25, 0.3) is 5.91 Å². The highest BCUT2D eigenvalue weighted by Crippen LogP contribution is 2.34. The van der Waals surface area contributed by atoms with E-state index in [1.807, 2.05) is 66.7 Å². The summed E-state index contributed by atoms with van der Waals surface area (Å²) < 4.78 is 16.9. The summed E-state index contributed by atoms with van der Waals surface area (Å²) in [5, 5.41) is 4.38. The molecule has 0 saturated heterocycles. The second-order valence-electron chi connectivity index (χ2n) is 6.75. The normalized spacial score (nSPS) is 16.3. The van der Waals surface area contributed by atoms with Crippen LogP contribution in [0.1, 0.15) is 23.7 Å². The molecule has 1 heterocycles. The molecule has 4 rings (SSSR count). The number of nitrogens with one attached hydrogen (secondary N) is 1. The SMILES string of the molecule is COc1ccccc1OCC(=O)N/N=C1/C[C@@H](c2ccccc2)Oc2ccccc21. The third-order valence-electron chi connectivity index (χ3n) is 4.76. The number of methoxy groups -OCH3 is 1. The van der Waals surface area contributed by atoms with Crippen LogP contribution < -0.4 is 19.6 Å². The van der Waals surface area contributed by atoms with E-state index >= 15 is 0 Å². The van der Waals surface area contributed by atoms with Crippen molar-refractivity contribution in [1.29, 1.82) is 0 Å². The maximum atomic E-state index is 12.3. The van der Waals surface area contributed by atoms with Gasteiger partial charge >= 0.3 is 0 Å². The highest BCUT2D eigenvalue weighted by atomic mass is 16.5. The first-order chi connectivity index (χ1) is 14.7. The van der Waals surface area contributed by atoms with Crippen LogP contribution in [0, 0.1) is 0 Å². The maximum absolute atomic E-state index is 12.3. The monoisotopic (exact) mass is 402 g/mol. The van der Waals surface area contributed by atoms with Crippen LogP contribution in [0.4, 0.5) is 0 Å². The largest absolute Gasteiger partial charge is 0.493 e. The minimum atomic E-state index is -0.353. The fourth-order valence-corrected chi connectivity index (χ4v) is 3.29. The van der Waals surface area contributed by atoms with Gasteiger partial charge in [-0.15, -0.1) is 0 Å². The number of nitrogens with zero attached hydrogens (tertiary/aromatic N) is 1. The van der Waals surface area contributed by atoms with E-state index in [1.54, 1.807) is 19.2 Å². The number of fused-ring (bicyclic) bond motifs is 1. The van der Waals surface area contributed by atoms with Crippen molar-refractivity contribution in [1.82, 2.24) is 5.43 Å². The summed E-state index contributed by atoms with van der Waals surface area (Å²) in [6, 6.07) is 24.8. The van der Waals surface area contributed by atoms with Gasteiger partial charge in [0, 0.05) is 12.0 Å². The zero-order valence-corrected chi connectivity index (χ0v) is 16.6. The molecule has 0 fully saturated rings. The molecule has 0 aromatic heterocycles. The zero-order chi connectivity index (χ0) is 20.8. The Kier molecular flexibility index (Phi) is 5.94. The number of ether oxygens (including phenoxy) is 3. The molecule has 1 aliphatic rings. The highest BCUT2D eigenvalue weighted by Gasteiger charge is 2.26. The summed E-state index contributed by atoms with van der Waals surface area (Å²) in [7, 11) is 1.56. The van der Waals surface area contributed by atoms with E-state index < -0.39 is 0 Å². The molecule has 6 nitrogen and oxygen atoms in total. The van der Waals surface area contributed by atoms with Crippen molar-refractivity contribution in [3.05, 3.63) is 90.0 Å². The van der Waals surface area contributed by atoms with E-state index in [0.717, 1.165) is 22.6 Å². The molecule has 1 aliphatic heterocycles. The van der Waals surface area contributed by atoms with Crippen molar-refractivity contribution in [2.75, 3.05) is 13.7 Å². The Morgan fingerprint density at radius 1 is 1.00 bits per heavy atom. The lowest BCUT2D eigenvalue weighted by molar-refractivity contribution is -0.123. The molecule has 0 saturated carbocycles. The summed E-state index contributed by atoms with van der Waals surface area (Å²) in [6.45, 7) is -0.169. The van der Waals surface area contributed by atoms with Crippen LogP contribution in [0.2, 0.25) is 0 Å². The van der Waals surface area contributed by atoms with Crippen molar-refractivity contribution in [3.63, 3.8) is 0 Å². The number of carbonyl (C=O) groups excluding carboxylic acids is 1. The quantitative estimate of drug-likeness (QED) is 0.630. The van der Waals surface area contributed by atoms with Crippen LogP contribution in [0.25, 0.3) is 0 Å². The number of hydrogen-bond donors (Lipinski definition) is 1. The topological polar surface area (TPSA) is 69.2 Å². The van der Waals surface area contributed by atoms with E-state index in [-0.39, 0.29) is 18.6 Å². The van der Waals surface area contributed by atoms with Gasteiger partial charge in [-0.3, -0.25) is 4.79 Å². The molecule has 0 radical (unpaired) electrons. The summed E-state index contributed by atoms with van der Waals surface area (Å²) >= 11 is 0. The molecule has 1 N–H and O–H groups in total. The minimum Gasteiger partial charge on any atom is -0.493 e. The van der Waals surface area contributed by atoms with Gasteiger partial charge in [0.05, 0.1) is 12.8 Å². The number of benzene rings is 3. The lowest BCUT2D eigenvalue weighted by Gasteiger charge is -2.27. The van der Waals surface area contributed by atoms with E-state index in [9.17, 15) is 4.79 Å². The molecule has 0 spiro atoms. The van der Waals surface area contributed by atoms with Gasteiger partial charge in [-0.05, 0) is 29.8 Å². The predicted octanol–water partition coefficient (Wildman–Crippen LogP) is 4.12. The molecule has 0 aliphatic carbocycles. The third kappa shape index (κ3) is 4.43. The maximum Gasteiger partial charge on any atom is 0.277 e. The second-order valence-corrected chi connectivity index (χ2v) is 6.75. The van der Waals surface area contributed by atoms with Gasteiger partial charge in [0.2, 0.25) is 0 Å². The van der Waals surface area contributed by atoms with E-state index in [1.165, 1.54) is 0 Å².